The molecule has 3 rings (SSSR count). The molecule has 0 aliphatic carbocycles. The van der Waals surface area contributed by atoms with E-state index in [-0.39, 0.29) is 17.9 Å². The van der Waals surface area contributed by atoms with E-state index in [4.69, 9.17) is 4.74 Å². The van der Waals surface area contributed by atoms with Crippen molar-refractivity contribution in [2.75, 3.05) is 13.1 Å². The quantitative estimate of drug-likeness (QED) is 0.678. The van der Waals surface area contributed by atoms with Gasteiger partial charge in [0, 0.05) is 19.5 Å². The van der Waals surface area contributed by atoms with E-state index in [2.05, 4.69) is 36.5 Å². The molecule has 0 radical (unpaired) electrons. The Morgan fingerprint density at radius 1 is 1.16 bits per heavy atom. The van der Waals surface area contributed by atoms with E-state index in [1.165, 1.54) is 11.1 Å². The SMILES string of the molecule is CCCNC(=O)C(CC)Oc1ccc2c(c1)C(c1cccc(C)c1)N(C(=O)CC)CC2. The zero-order valence-electron chi connectivity index (χ0n) is 19.1. The third kappa shape index (κ3) is 5.27. The molecule has 0 bridgehead atoms. The van der Waals surface area contributed by atoms with Gasteiger partial charge in [-0.25, -0.2) is 0 Å². The van der Waals surface area contributed by atoms with Crippen molar-refractivity contribution in [1.29, 1.82) is 0 Å². The van der Waals surface area contributed by atoms with Gasteiger partial charge < -0.3 is 15.0 Å². The number of aryl methyl sites for hydroxylation is 1. The van der Waals surface area contributed by atoms with Crippen molar-refractivity contribution in [3.63, 3.8) is 0 Å². The standard InChI is InChI=1S/C26H34N2O3/c1-5-14-27-26(30)23(6-2)31-21-12-11-19-13-15-28(24(29)7-3)25(22(19)17-21)20-10-8-9-18(4)16-20/h8-12,16-17,23,25H,5-7,13-15H2,1-4H3,(H,27,30). The minimum absolute atomic E-state index is 0.0832. The van der Waals surface area contributed by atoms with Crippen LogP contribution < -0.4 is 10.1 Å². The average molecular weight is 423 g/mol. The first kappa shape index (κ1) is 22.9. The molecule has 166 valence electrons. The Morgan fingerprint density at radius 2 is 1.97 bits per heavy atom. The number of hydrogen-bond acceptors (Lipinski definition) is 3. The fourth-order valence-corrected chi connectivity index (χ4v) is 4.19. The van der Waals surface area contributed by atoms with Crippen LogP contribution in [0, 0.1) is 6.92 Å². The van der Waals surface area contributed by atoms with E-state index >= 15 is 0 Å². The predicted octanol–water partition coefficient (Wildman–Crippen LogP) is 4.56. The maximum Gasteiger partial charge on any atom is 0.261 e. The number of carbonyl (C=O) groups excluding carboxylic acids is 2. The molecule has 2 unspecified atom stereocenters. The lowest BCUT2D eigenvalue weighted by molar-refractivity contribution is -0.133. The number of nitrogens with zero attached hydrogens (tertiary/aromatic N) is 1. The summed E-state index contributed by atoms with van der Waals surface area (Å²) in [6.45, 7) is 9.30. The van der Waals surface area contributed by atoms with Gasteiger partial charge in [-0.15, -0.1) is 0 Å². The van der Waals surface area contributed by atoms with Crippen LogP contribution in [0.3, 0.4) is 0 Å². The van der Waals surface area contributed by atoms with Crippen molar-refractivity contribution in [2.24, 2.45) is 0 Å². The highest BCUT2D eigenvalue weighted by molar-refractivity contribution is 5.81. The van der Waals surface area contributed by atoms with Gasteiger partial charge in [-0.3, -0.25) is 9.59 Å². The summed E-state index contributed by atoms with van der Waals surface area (Å²) in [5, 5.41) is 2.92. The molecule has 2 aromatic carbocycles. The first-order valence-electron chi connectivity index (χ1n) is 11.4. The number of rotatable bonds is 8. The van der Waals surface area contributed by atoms with Gasteiger partial charge in [0.25, 0.3) is 5.91 Å². The molecular formula is C26H34N2O3. The van der Waals surface area contributed by atoms with Gasteiger partial charge in [0.2, 0.25) is 5.91 Å². The smallest absolute Gasteiger partial charge is 0.261 e. The zero-order chi connectivity index (χ0) is 22.4. The molecule has 0 saturated carbocycles. The Bertz CT molecular complexity index is 925. The number of benzene rings is 2. The van der Waals surface area contributed by atoms with Gasteiger partial charge in [0.1, 0.15) is 5.75 Å². The van der Waals surface area contributed by atoms with Crippen LogP contribution in [0.25, 0.3) is 0 Å². The Kier molecular flexibility index (Phi) is 7.72. The fourth-order valence-electron chi connectivity index (χ4n) is 4.19. The van der Waals surface area contributed by atoms with Crippen LogP contribution in [-0.2, 0) is 16.0 Å². The van der Waals surface area contributed by atoms with Crippen LogP contribution in [0.2, 0.25) is 0 Å². The Hall–Kier alpha value is -2.82. The third-order valence-corrected chi connectivity index (χ3v) is 5.82. The minimum Gasteiger partial charge on any atom is -0.481 e. The molecule has 0 fully saturated rings. The largest absolute Gasteiger partial charge is 0.481 e. The summed E-state index contributed by atoms with van der Waals surface area (Å²) in [7, 11) is 0. The van der Waals surface area contributed by atoms with E-state index < -0.39 is 6.10 Å². The molecule has 5 heteroatoms. The topological polar surface area (TPSA) is 58.6 Å². The number of carbonyl (C=O) groups is 2. The summed E-state index contributed by atoms with van der Waals surface area (Å²) in [5.74, 6) is 0.731. The summed E-state index contributed by atoms with van der Waals surface area (Å²) in [5.41, 5.74) is 4.58. The predicted molar refractivity (Wildman–Crippen MR) is 123 cm³/mol. The first-order valence-corrected chi connectivity index (χ1v) is 11.4. The second-order valence-corrected chi connectivity index (χ2v) is 8.17. The summed E-state index contributed by atoms with van der Waals surface area (Å²) in [4.78, 5) is 27.2. The molecule has 1 N–H and O–H groups in total. The Labute approximate surface area is 185 Å². The molecule has 5 nitrogen and oxygen atoms in total. The molecule has 2 aromatic rings. The van der Waals surface area contributed by atoms with Crippen molar-refractivity contribution in [2.45, 2.75) is 65.5 Å². The number of fused-ring (bicyclic) bond motifs is 1. The molecule has 31 heavy (non-hydrogen) atoms. The molecular weight excluding hydrogens is 388 g/mol. The van der Waals surface area contributed by atoms with E-state index in [1.54, 1.807) is 0 Å². The molecule has 1 aliphatic rings. The van der Waals surface area contributed by atoms with Crippen LogP contribution in [-0.4, -0.2) is 35.9 Å². The van der Waals surface area contributed by atoms with Crippen LogP contribution in [0.4, 0.5) is 0 Å². The van der Waals surface area contributed by atoms with E-state index in [0.717, 1.165) is 24.0 Å². The van der Waals surface area contributed by atoms with Gasteiger partial charge in [-0.05, 0) is 55.0 Å². The average Bonchev–Trinajstić information content (AvgIpc) is 2.79. The highest BCUT2D eigenvalue weighted by Crippen LogP contribution is 2.38. The van der Waals surface area contributed by atoms with Crippen LogP contribution in [0.1, 0.15) is 68.3 Å². The van der Waals surface area contributed by atoms with Crippen LogP contribution in [0.15, 0.2) is 42.5 Å². The Morgan fingerprint density at radius 3 is 2.65 bits per heavy atom. The molecule has 0 saturated heterocycles. The number of amides is 2. The normalized spacial score (nSPS) is 16.4. The summed E-state index contributed by atoms with van der Waals surface area (Å²) in [6, 6.07) is 14.2. The zero-order valence-corrected chi connectivity index (χ0v) is 19.1. The van der Waals surface area contributed by atoms with Gasteiger partial charge in [-0.1, -0.05) is 56.7 Å². The molecule has 2 atom stereocenters. The van der Waals surface area contributed by atoms with Gasteiger partial charge >= 0.3 is 0 Å². The fraction of sp³-hybridized carbons (Fsp3) is 0.462. The maximum absolute atomic E-state index is 12.8. The van der Waals surface area contributed by atoms with Crippen molar-refractivity contribution in [3.05, 3.63) is 64.7 Å². The highest BCUT2D eigenvalue weighted by atomic mass is 16.5. The molecule has 2 amide bonds. The maximum atomic E-state index is 12.8. The lowest BCUT2D eigenvalue weighted by atomic mass is 9.87. The monoisotopic (exact) mass is 422 g/mol. The second kappa shape index (κ2) is 10.5. The summed E-state index contributed by atoms with van der Waals surface area (Å²) < 4.78 is 6.10. The van der Waals surface area contributed by atoms with Crippen molar-refractivity contribution in [3.8, 4) is 5.75 Å². The number of nitrogens with one attached hydrogen (secondary N) is 1. The summed E-state index contributed by atoms with van der Waals surface area (Å²) >= 11 is 0. The molecule has 0 spiro atoms. The number of hydrogen-bond donors (Lipinski definition) is 1. The van der Waals surface area contributed by atoms with Gasteiger partial charge in [-0.2, -0.15) is 0 Å². The van der Waals surface area contributed by atoms with Crippen molar-refractivity contribution in [1.82, 2.24) is 10.2 Å². The second-order valence-electron chi connectivity index (χ2n) is 8.17. The van der Waals surface area contributed by atoms with E-state index in [1.807, 2.05) is 43.9 Å². The minimum atomic E-state index is -0.529. The van der Waals surface area contributed by atoms with E-state index in [9.17, 15) is 9.59 Å². The molecule has 0 aromatic heterocycles. The lowest BCUT2D eigenvalue weighted by Gasteiger charge is -2.38. The highest BCUT2D eigenvalue weighted by Gasteiger charge is 2.32. The van der Waals surface area contributed by atoms with Gasteiger partial charge in [0.05, 0.1) is 6.04 Å². The van der Waals surface area contributed by atoms with Crippen molar-refractivity contribution >= 4 is 11.8 Å². The van der Waals surface area contributed by atoms with E-state index in [0.29, 0.717) is 31.7 Å². The molecule has 1 aliphatic heterocycles. The van der Waals surface area contributed by atoms with Crippen LogP contribution >= 0.6 is 0 Å². The number of ether oxygens (including phenoxy) is 1. The third-order valence-electron chi connectivity index (χ3n) is 5.82. The summed E-state index contributed by atoms with van der Waals surface area (Å²) in [6.07, 6.45) is 2.25. The first-order chi connectivity index (χ1) is 15.0. The molecule has 1 heterocycles. The van der Waals surface area contributed by atoms with Crippen LogP contribution in [0.5, 0.6) is 5.75 Å². The lowest BCUT2D eigenvalue weighted by Crippen LogP contribution is -2.40. The van der Waals surface area contributed by atoms with Crippen molar-refractivity contribution < 1.29 is 14.3 Å². The Balaban J connectivity index is 1.96. The van der Waals surface area contributed by atoms with Gasteiger partial charge in [0.15, 0.2) is 6.10 Å².